The Morgan fingerprint density at radius 1 is 1.06 bits per heavy atom. The maximum Gasteiger partial charge on any atom is 0.416 e. The maximum absolute atomic E-state index is 13.0. The van der Waals surface area contributed by atoms with Crippen LogP contribution in [0.1, 0.15) is 48.6 Å². The molecule has 186 valence electrons. The molecule has 2 aromatic carbocycles. The molecule has 1 heterocycles. The molecule has 1 fully saturated rings. The van der Waals surface area contributed by atoms with E-state index in [0.717, 1.165) is 22.0 Å². The molecule has 0 atom stereocenters. The van der Waals surface area contributed by atoms with Crippen LogP contribution in [-0.4, -0.2) is 35.6 Å². The highest BCUT2D eigenvalue weighted by atomic mass is 32.2. The van der Waals surface area contributed by atoms with Crippen LogP contribution in [0.25, 0.3) is 11.3 Å². The number of aromatic nitrogens is 2. The zero-order valence-electron chi connectivity index (χ0n) is 19.3. The molecule has 3 aromatic rings. The molecule has 0 bridgehead atoms. The Morgan fingerprint density at radius 3 is 2.34 bits per heavy atom. The third-order valence-corrected chi connectivity index (χ3v) is 8.32. The van der Waals surface area contributed by atoms with Crippen LogP contribution >= 0.6 is 0 Å². The van der Waals surface area contributed by atoms with Crippen molar-refractivity contribution in [3.05, 3.63) is 71.7 Å². The molecular formula is C25H26F3N3O3S. The van der Waals surface area contributed by atoms with E-state index in [1.54, 1.807) is 18.2 Å². The molecule has 35 heavy (non-hydrogen) atoms. The van der Waals surface area contributed by atoms with Crippen molar-refractivity contribution in [2.45, 2.75) is 49.6 Å². The van der Waals surface area contributed by atoms with Gasteiger partial charge in [-0.15, -0.1) is 0 Å². The van der Waals surface area contributed by atoms with Gasteiger partial charge in [-0.25, -0.2) is 17.7 Å². The van der Waals surface area contributed by atoms with Gasteiger partial charge >= 0.3 is 6.18 Å². The second-order valence-electron chi connectivity index (χ2n) is 8.93. The number of alkyl halides is 3. The number of amides is 1. The largest absolute Gasteiger partial charge is 0.416 e. The number of nitrogens with one attached hydrogen (secondary N) is 1. The maximum atomic E-state index is 13.0. The average molecular weight is 506 g/mol. The number of halogens is 3. The van der Waals surface area contributed by atoms with Crippen LogP contribution in [0.2, 0.25) is 0 Å². The van der Waals surface area contributed by atoms with Gasteiger partial charge in [-0.05, 0) is 56.9 Å². The van der Waals surface area contributed by atoms with E-state index >= 15 is 0 Å². The van der Waals surface area contributed by atoms with E-state index < -0.39 is 33.6 Å². The minimum absolute atomic E-state index is 0.0117. The summed E-state index contributed by atoms with van der Waals surface area (Å²) in [5.41, 5.74) is 1.08. The third-order valence-electron chi connectivity index (χ3n) is 6.55. The van der Waals surface area contributed by atoms with E-state index in [1.807, 2.05) is 6.92 Å². The van der Waals surface area contributed by atoms with Gasteiger partial charge in [-0.1, -0.05) is 29.8 Å². The van der Waals surface area contributed by atoms with Gasteiger partial charge in [0, 0.05) is 24.4 Å². The second kappa shape index (κ2) is 9.49. The van der Waals surface area contributed by atoms with Crippen molar-refractivity contribution in [3.8, 4) is 11.3 Å². The zero-order chi connectivity index (χ0) is 25.4. The molecule has 4 rings (SSSR count). The fourth-order valence-electron chi connectivity index (χ4n) is 4.41. The number of hydrogen-bond acceptors (Lipinski definition) is 4. The van der Waals surface area contributed by atoms with Gasteiger partial charge in [-0.3, -0.25) is 4.79 Å². The summed E-state index contributed by atoms with van der Waals surface area (Å²) in [6.45, 7) is 1.85. The monoisotopic (exact) mass is 505 g/mol. The summed E-state index contributed by atoms with van der Waals surface area (Å²) in [5.74, 6) is -0.191. The van der Waals surface area contributed by atoms with E-state index in [0.29, 0.717) is 42.8 Å². The van der Waals surface area contributed by atoms with Crippen LogP contribution in [0, 0.1) is 12.8 Å². The Kier molecular flexibility index (Phi) is 6.77. The summed E-state index contributed by atoms with van der Waals surface area (Å²) in [7, 11) is -2.64. The van der Waals surface area contributed by atoms with E-state index in [9.17, 15) is 26.4 Å². The van der Waals surface area contributed by atoms with Crippen LogP contribution in [0.4, 0.5) is 13.2 Å². The highest BCUT2D eigenvalue weighted by Gasteiger charge is 2.35. The zero-order valence-corrected chi connectivity index (χ0v) is 20.2. The Hall–Kier alpha value is -3.14. The quantitative estimate of drug-likeness (QED) is 0.495. The first kappa shape index (κ1) is 25.0. The van der Waals surface area contributed by atoms with Gasteiger partial charge in [0.2, 0.25) is 5.91 Å². The van der Waals surface area contributed by atoms with Gasteiger partial charge < -0.3 is 4.98 Å². The van der Waals surface area contributed by atoms with Gasteiger partial charge in [0.25, 0.3) is 10.0 Å². The molecule has 1 aliphatic rings. The minimum Gasteiger partial charge on any atom is -0.342 e. The number of carbonyl (C=O) groups is 1. The summed E-state index contributed by atoms with van der Waals surface area (Å²) in [6, 6.07) is 11.4. The van der Waals surface area contributed by atoms with Crippen LogP contribution in [0.15, 0.2) is 59.6 Å². The molecular weight excluding hydrogens is 479 g/mol. The molecule has 1 N–H and O–H groups in total. The summed E-state index contributed by atoms with van der Waals surface area (Å²) in [5, 5.41) is 0. The first-order chi connectivity index (χ1) is 16.5. The van der Waals surface area contributed by atoms with Crippen LogP contribution in [-0.2, 0) is 21.0 Å². The molecule has 10 heteroatoms. The number of aryl methyl sites for hydroxylation is 1. The van der Waals surface area contributed by atoms with Gasteiger partial charge in [-0.2, -0.15) is 13.2 Å². The van der Waals surface area contributed by atoms with Crippen molar-refractivity contribution in [1.29, 1.82) is 0 Å². The minimum atomic E-state index is -4.43. The van der Waals surface area contributed by atoms with Crippen LogP contribution in [0.5, 0.6) is 0 Å². The molecule has 0 spiro atoms. The number of benzene rings is 2. The molecule has 0 unspecified atom stereocenters. The molecule has 1 aliphatic carbocycles. The molecule has 1 amide bonds. The lowest BCUT2D eigenvalue weighted by Crippen LogP contribution is -2.39. The molecule has 6 nitrogen and oxygen atoms in total. The van der Waals surface area contributed by atoms with Crippen LogP contribution < -0.4 is 0 Å². The number of sulfonamides is 1. The number of imidazole rings is 1. The highest BCUT2D eigenvalue weighted by Crippen LogP contribution is 2.37. The van der Waals surface area contributed by atoms with E-state index in [1.165, 1.54) is 31.4 Å². The number of rotatable bonds is 5. The van der Waals surface area contributed by atoms with Gasteiger partial charge in [0.05, 0.1) is 22.3 Å². The van der Waals surface area contributed by atoms with Gasteiger partial charge in [0.15, 0.2) is 0 Å². The lowest BCUT2D eigenvalue weighted by atomic mass is 9.81. The third kappa shape index (κ3) is 5.27. The molecule has 0 aliphatic heterocycles. The lowest BCUT2D eigenvalue weighted by molar-refractivity contribution is -0.137. The highest BCUT2D eigenvalue weighted by molar-refractivity contribution is 7.89. The number of aromatic amines is 1. The average Bonchev–Trinajstić information content (AvgIpc) is 3.33. The normalized spacial score (nSPS) is 18.9. The Morgan fingerprint density at radius 2 is 1.71 bits per heavy atom. The summed E-state index contributed by atoms with van der Waals surface area (Å²) in [6.07, 6.45) is -0.684. The fourth-order valence-corrected chi connectivity index (χ4v) is 5.59. The second-order valence-corrected chi connectivity index (χ2v) is 10.9. The number of nitrogens with zero attached hydrogens (tertiary/aromatic N) is 2. The molecule has 0 saturated heterocycles. The molecule has 0 radical (unpaired) electrons. The summed E-state index contributed by atoms with van der Waals surface area (Å²) < 4.78 is 65.6. The van der Waals surface area contributed by atoms with Crippen molar-refractivity contribution in [1.82, 2.24) is 14.3 Å². The number of H-pyrrole nitrogens is 1. The van der Waals surface area contributed by atoms with Crippen molar-refractivity contribution in [2.24, 2.45) is 5.92 Å². The fraction of sp³-hybridized carbons (Fsp3) is 0.360. The van der Waals surface area contributed by atoms with Crippen molar-refractivity contribution >= 4 is 15.9 Å². The van der Waals surface area contributed by atoms with E-state index in [2.05, 4.69) is 9.97 Å². The first-order valence-electron chi connectivity index (χ1n) is 11.3. The van der Waals surface area contributed by atoms with Crippen LogP contribution in [0.3, 0.4) is 0 Å². The smallest absolute Gasteiger partial charge is 0.342 e. The lowest BCUT2D eigenvalue weighted by Gasteiger charge is -2.29. The summed E-state index contributed by atoms with van der Waals surface area (Å²) >= 11 is 0. The SMILES string of the molecule is Cc1ccc(S(=O)(=O)N(C)C(=O)C2CCC(c3ncc(-c4cccc(C(F)(F)F)c4)[nH]3)CC2)cc1. The van der Waals surface area contributed by atoms with Crippen molar-refractivity contribution < 1.29 is 26.4 Å². The van der Waals surface area contributed by atoms with Gasteiger partial charge in [0.1, 0.15) is 5.82 Å². The first-order valence-corrected chi connectivity index (χ1v) is 12.7. The molecule has 1 aromatic heterocycles. The predicted molar refractivity (Wildman–Crippen MR) is 125 cm³/mol. The number of hydrogen-bond donors (Lipinski definition) is 1. The van der Waals surface area contributed by atoms with Crippen molar-refractivity contribution in [3.63, 3.8) is 0 Å². The topological polar surface area (TPSA) is 83.1 Å². The van der Waals surface area contributed by atoms with E-state index in [-0.39, 0.29) is 10.8 Å². The summed E-state index contributed by atoms with van der Waals surface area (Å²) in [4.78, 5) is 20.5. The van der Waals surface area contributed by atoms with E-state index in [4.69, 9.17) is 0 Å². The molecule has 1 saturated carbocycles. The number of carbonyl (C=O) groups excluding carboxylic acids is 1. The standard InChI is InChI=1S/C25H26F3N3O3S/c1-16-6-12-21(13-7-16)35(33,34)31(2)24(32)18-10-8-17(9-11-18)23-29-15-22(30-23)19-4-3-5-20(14-19)25(26,27)28/h3-7,12-15,17-18H,8-11H2,1-2H3,(H,29,30). The Labute approximate surface area is 202 Å². The predicted octanol–water partition coefficient (Wildman–Crippen LogP) is 5.53. The Balaban J connectivity index is 1.41. The Bertz CT molecular complexity index is 1310. The van der Waals surface area contributed by atoms with Crippen molar-refractivity contribution in [2.75, 3.05) is 7.05 Å².